The maximum absolute atomic E-state index is 14.1. The van der Waals surface area contributed by atoms with Crippen LogP contribution in [-0.2, 0) is 30.3 Å². The van der Waals surface area contributed by atoms with E-state index in [4.69, 9.17) is 16.2 Å². The van der Waals surface area contributed by atoms with Crippen molar-refractivity contribution >= 4 is 40.5 Å². The molecule has 0 radical (unpaired) electrons. The van der Waals surface area contributed by atoms with Crippen molar-refractivity contribution in [3.05, 3.63) is 78.0 Å². The Labute approximate surface area is 311 Å². The second-order valence-electron chi connectivity index (χ2n) is 15.4. The number of benzene rings is 2. The molecule has 1 aliphatic heterocycles. The summed E-state index contributed by atoms with van der Waals surface area (Å²) in [6.45, 7) is 6.21. The number of hydrogen-bond donors (Lipinski definition) is 5. The first-order valence-electron chi connectivity index (χ1n) is 18.5. The SMILES string of the molecule is CC(C)(C)NC(=O)[C@@H]1C[C@@H]2CCCC[C@@H]2CN1C[C@@H](OC(=O)CN)[C@H](Cc1ccccc1)NC(=O)[C@H](CC(N)=O)NC(=O)c1ccc2ccccc2n1. The van der Waals surface area contributed by atoms with Crippen molar-refractivity contribution in [2.24, 2.45) is 23.3 Å². The normalized spacial score (nSPS) is 20.6. The van der Waals surface area contributed by atoms with Gasteiger partial charge in [0.2, 0.25) is 17.7 Å². The van der Waals surface area contributed by atoms with Crippen molar-refractivity contribution in [1.82, 2.24) is 25.8 Å². The predicted molar refractivity (Wildman–Crippen MR) is 201 cm³/mol. The van der Waals surface area contributed by atoms with Crippen LogP contribution in [0.25, 0.3) is 10.9 Å². The zero-order valence-corrected chi connectivity index (χ0v) is 30.9. The molecule has 2 fully saturated rings. The van der Waals surface area contributed by atoms with Gasteiger partial charge in [0.15, 0.2) is 0 Å². The van der Waals surface area contributed by atoms with E-state index in [9.17, 15) is 24.0 Å². The number of rotatable bonds is 14. The maximum atomic E-state index is 14.1. The number of amides is 4. The van der Waals surface area contributed by atoms with Gasteiger partial charge in [0.25, 0.3) is 5.91 Å². The van der Waals surface area contributed by atoms with E-state index in [1.54, 1.807) is 24.3 Å². The zero-order valence-electron chi connectivity index (χ0n) is 30.9. The number of carbonyl (C=O) groups is 5. The van der Waals surface area contributed by atoms with Gasteiger partial charge in [0.05, 0.1) is 30.6 Å². The molecule has 1 saturated carbocycles. The molecular formula is C40H53N7O6. The van der Waals surface area contributed by atoms with Gasteiger partial charge in [-0.15, -0.1) is 0 Å². The lowest BCUT2D eigenvalue weighted by molar-refractivity contribution is -0.152. The summed E-state index contributed by atoms with van der Waals surface area (Å²) < 4.78 is 6.01. The molecular weight excluding hydrogens is 674 g/mol. The highest BCUT2D eigenvalue weighted by Gasteiger charge is 2.43. The van der Waals surface area contributed by atoms with Crippen molar-refractivity contribution < 1.29 is 28.7 Å². The van der Waals surface area contributed by atoms with Crippen LogP contribution in [0, 0.1) is 11.8 Å². The van der Waals surface area contributed by atoms with E-state index in [0.29, 0.717) is 30.3 Å². The second-order valence-corrected chi connectivity index (χ2v) is 15.4. The lowest BCUT2D eigenvalue weighted by Crippen LogP contribution is -2.61. The van der Waals surface area contributed by atoms with E-state index in [-0.39, 0.29) is 31.1 Å². The number of para-hydroxylation sites is 1. The van der Waals surface area contributed by atoms with Crippen LogP contribution in [0.3, 0.4) is 0 Å². The molecule has 1 aromatic heterocycles. The van der Waals surface area contributed by atoms with Crippen molar-refractivity contribution in [2.75, 3.05) is 19.6 Å². The van der Waals surface area contributed by atoms with Gasteiger partial charge in [-0.2, -0.15) is 0 Å². The Morgan fingerprint density at radius 3 is 2.32 bits per heavy atom. The van der Waals surface area contributed by atoms with Crippen LogP contribution < -0.4 is 27.4 Å². The number of carbonyl (C=O) groups excluding carboxylic acids is 5. The van der Waals surface area contributed by atoms with E-state index < -0.39 is 59.9 Å². The van der Waals surface area contributed by atoms with E-state index in [2.05, 4.69) is 25.8 Å². The molecule has 284 valence electrons. The first-order chi connectivity index (χ1) is 25.3. The molecule has 5 rings (SSSR count). The molecule has 13 heteroatoms. The average molecular weight is 728 g/mol. The predicted octanol–water partition coefficient (Wildman–Crippen LogP) is 2.60. The quantitative estimate of drug-likeness (QED) is 0.155. The number of hydrogen-bond acceptors (Lipinski definition) is 9. The standard InChI is InChI=1S/C40H53N7O6/c1-40(2,3)46-39(52)33-20-27-14-7-8-15-28(27)23-47(33)24-34(53-36(49)22-41)31(19-25-11-5-4-6-12-25)44-38(51)32(21-35(42)48)45-37(50)30-18-17-26-13-9-10-16-29(26)43-30/h4-6,9-13,16-18,27-28,31-34H,7-8,14-15,19-24,41H2,1-3H3,(H2,42,48)(H,44,51)(H,45,50)(H,46,52)/t27-,28+,31-,32-,33-,34+/m0/s1. The molecule has 4 amide bonds. The van der Waals surface area contributed by atoms with Crippen LogP contribution in [0.15, 0.2) is 66.7 Å². The minimum Gasteiger partial charge on any atom is -0.458 e. The number of aromatic nitrogens is 1. The Hall–Kier alpha value is -4.88. The average Bonchev–Trinajstić information content (AvgIpc) is 3.12. The third kappa shape index (κ3) is 11.1. The number of nitrogens with zero attached hydrogens (tertiary/aromatic N) is 2. The van der Waals surface area contributed by atoms with Gasteiger partial charge in [-0.3, -0.25) is 28.9 Å². The summed E-state index contributed by atoms with van der Waals surface area (Å²) in [5, 5.41) is 9.61. The van der Waals surface area contributed by atoms with E-state index in [0.717, 1.165) is 36.6 Å². The number of ether oxygens (including phenoxy) is 1. The fourth-order valence-corrected chi connectivity index (χ4v) is 7.58. The summed E-state index contributed by atoms with van der Waals surface area (Å²) in [7, 11) is 0. The summed E-state index contributed by atoms with van der Waals surface area (Å²) in [5.74, 6) is -2.13. The van der Waals surface area contributed by atoms with Crippen molar-refractivity contribution in [2.45, 2.75) is 95.5 Å². The van der Waals surface area contributed by atoms with Crippen LogP contribution in [0.1, 0.15) is 75.3 Å². The molecule has 0 unspecified atom stereocenters. The fraction of sp³-hybridized carbons (Fsp3) is 0.500. The van der Waals surface area contributed by atoms with Crippen molar-refractivity contribution in [3.8, 4) is 0 Å². The summed E-state index contributed by atoms with van der Waals surface area (Å²) in [6.07, 6.45) is 3.84. The van der Waals surface area contributed by atoms with E-state index in [1.165, 1.54) is 0 Å². The maximum Gasteiger partial charge on any atom is 0.320 e. The van der Waals surface area contributed by atoms with Crippen LogP contribution in [0.5, 0.6) is 0 Å². The van der Waals surface area contributed by atoms with Crippen LogP contribution in [0.2, 0.25) is 0 Å². The topological polar surface area (TPSA) is 199 Å². The first kappa shape index (κ1) is 39.3. The van der Waals surface area contributed by atoms with Gasteiger partial charge in [-0.25, -0.2) is 4.98 Å². The minimum atomic E-state index is -1.36. The molecule has 0 spiro atoms. The Morgan fingerprint density at radius 1 is 0.925 bits per heavy atom. The molecule has 7 N–H and O–H groups in total. The number of fused-ring (bicyclic) bond motifs is 2. The number of esters is 1. The fourth-order valence-electron chi connectivity index (χ4n) is 7.58. The van der Waals surface area contributed by atoms with Crippen LogP contribution >= 0.6 is 0 Å². The summed E-state index contributed by atoms with van der Waals surface area (Å²) >= 11 is 0. The smallest absolute Gasteiger partial charge is 0.320 e. The molecule has 2 aliphatic rings. The highest BCUT2D eigenvalue weighted by atomic mass is 16.5. The molecule has 2 aromatic carbocycles. The monoisotopic (exact) mass is 727 g/mol. The van der Waals surface area contributed by atoms with E-state index >= 15 is 0 Å². The number of likely N-dealkylation sites (tertiary alicyclic amines) is 1. The molecule has 2 heterocycles. The molecule has 53 heavy (non-hydrogen) atoms. The van der Waals surface area contributed by atoms with Crippen LogP contribution in [0.4, 0.5) is 0 Å². The van der Waals surface area contributed by atoms with Crippen molar-refractivity contribution in [3.63, 3.8) is 0 Å². The van der Waals surface area contributed by atoms with Gasteiger partial charge in [0, 0.05) is 24.0 Å². The highest BCUT2D eigenvalue weighted by molar-refractivity contribution is 5.99. The Bertz CT molecular complexity index is 1760. The van der Waals surface area contributed by atoms with Gasteiger partial charge < -0.3 is 32.2 Å². The van der Waals surface area contributed by atoms with Gasteiger partial charge in [0.1, 0.15) is 17.8 Å². The lowest BCUT2D eigenvalue weighted by atomic mass is 9.72. The summed E-state index contributed by atoms with van der Waals surface area (Å²) in [4.78, 5) is 73.1. The largest absolute Gasteiger partial charge is 0.458 e. The molecule has 13 nitrogen and oxygen atoms in total. The molecule has 0 bridgehead atoms. The zero-order chi connectivity index (χ0) is 38.1. The first-order valence-corrected chi connectivity index (χ1v) is 18.5. The lowest BCUT2D eigenvalue weighted by Gasteiger charge is -2.47. The highest BCUT2D eigenvalue weighted by Crippen LogP contribution is 2.39. The Morgan fingerprint density at radius 2 is 1.62 bits per heavy atom. The summed E-state index contributed by atoms with van der Waals surface area (Å²) in [5.41, 5.74) is 12.4. The van der Waals surface area contributed by atoms with E-state index in [1.807, 2.05) is 63.2 Å². The van der Waals surface area contributed by atoms with Crippen LogP contribution in [-0.4, -0.2) is 88.9 Å². The molecule has 1 saturated heterocycles. The van der Waals surface area contributed by atoms with Crippen molar-refractivity contribution in [1.29, 1.82) is 0 Å². The minimum absolute atomic E-state index is 0.0623. The third-order valence-electron chi connectivity index (χ3n) is 10.1. The molecule has 1 aliphatic carbocycles. The van der Waals surface area contributed by atoms with Gasteiger partial charge >= 0.3 is 5.97 Å². The number of pyridine rings is 1. The number of piperidine rings is 1. The second kappa shape index (κ2) is 17.8. The van der Waals surface area contributed by atoms with Gasteiger partial charge in [-0.1, -0.05) is 73.9 Å². The Balaban J connectivity index is 1.44. The number of primary amides is 1. The molecule has 3 aromatic rings. The third-order valence-corrected chi connectivity index (χ3v) is 10.1. The Kier molecular flexibility index (Phi) is 13.2. The van der Waals surface area contributed by atoms with Gasteiger partial charge in [-0.05, 0) is 69.6 Å². The number of nitrogens with one attached hydrogen (secondary N) is 3. The summed E-state index contributed by atoms with van der Waals surface area (Å²) in [6, 6.07) is 17.3. The number of nitrogens with two attached hydrogens (primary N) is 2. The molecule has 6 atom stereocenters.